The zero-order valence-corrected chi connectivity index (χ0v) is 21.7. The van der Waals surface area contributed by atoms with Crippen molar-refractivity contribution in [2.75, 3.05) is 10.6 Å². The van der Waals surface area contributed by atoms with Gasteiger partial charge in [-0.05, 0) is 70.8 Å². The summed E-state index contributed by atoms with van der Waals surface area (Å²) in [4.78, 5) is 4.75. The Morgan fingerprint density at radius 3 is 1.45 bits per heavy atom. The van der Waals surface area contributed by atoms with Crippen molar-refractivity contribution in [2.24, 2.45) is 0 Å². The van der Waals surface area contributed by atoms with Crippen molar-refractivity contribution in [3.05, 3.63) is 129 Å². The van der Waals surface area contributed by atoms with Crippen LogP contribution < -0.4 is 10.6 Å². The Bertz CT molecular complexity index is 1640. The van der Waals surface area contributed by atoms with Crippen LogP contribution >= 0.6 is 23.5 Å². The minimum Gasteiger partial charge on any atom is -0.373 e. The normalized spacial score (nSPS) is 19.0. The van der Waals surface area contributed by atoms with Crippen LogP contribution in [0.15, 0.2) is 117 Å². The van der Waals surface area contributed by atoms with Crippen molar-refractivity contribution >= 4 is 46.0 Å². The first kappa shape index (κ1) is 22.8. The molecule has 2 unspecified atom stereocenters. The van der Waals surface area contributed by atoms with E-state index < -0.39 is 0 Å². The van der Waals surface area contributed by atoms with Gasteiger partial charge in [-0.1, -0.05) is 72.1 Å². The minimum atomic E-state index is -0.101. The third-order valence-electron chi connectivity index (χ3n) is 7.05. The molecule has 0 spiro atoms. The van der Waals surface area contributed by atoms with Crippen molar-refractivity contribution in [1.29, 1.82) is 10.5 Å². The molecular weight excluding hydrogens is 505 g/mol. The fourth-order valence-electron chi connectivity index (χ4n) is 5.39. The van der Waals surface area contributed by atoms with Crippen molar-refractivity contribution in [3.8, 4) is 12.1 Å². The number of rotatable bonds is 2. The molecule has 6 heteroatoms. The first-order valence-electron chi connectivity index (χ1n) is 12.3. The molecule has 0 saturated carbocycles. The summed E-state index contributed by atoms with van der Waals surface area (Å²) < 4.78 is 0. The summed E-state index contributed by atoms with van der Waals surface area (Å²) in [5.41, 5.74) is 7.91. The second-order valence-corrected chi connectivity index (χ2v) is 11.5. The minimum absolute atomic E-state index is 0.101. The molecular formula is C32H20N4S2. The number of nitrogens with one attached hydrogen (secondary N) is 2. The van der Waals surface area contributed by atoms with Crippen molar-refractivity contribution in [3.63, 3.8) is 0 Å². The van der Waals surface area contributed by atoms with Crippen LogP contribution in [-0.2, 0) is 0 Å². The Morgan fingerprint density at radius 2 is 1.00 bits per heavy atom. The molecule has 2 aliphatic heterocycles. The summed E-state index contributed by atoms with van der Waals surface area (Å²) in [7, 11) is 0. The molecule has 38 heavy (non-hydrogen) atoms. The van der Waals surface area contributed by atoms with E-state index in [2.05, 4.69) is 83.4 Å². The Morgan fingerprint density at radius 1 is 0.553 bits per heavy atom. The maximum Gasteiger partial charge on any atom is 0.0991 e. The number of fused-ring (bicyclic) bond motifs is 4. The molecule has 0 fully saturated rings. The van der Waals surface area contributed by atoms with Crippen LogP contribution in [0.3, 0.4) is 0 Å². The summed E-state index contributed by atoms with van der Waals surface area (Å²) >= 11 is 3.58. The summed E-state index contributed by atoms with van der Waals surface area (Å²) in [5.74, 6) is 0. The van der Waals surface area contributed by atoms with E-state index in [1.54, 1.807) is 23.5 Å². The lowest BCUT2D eigenvalue weighted by atomic mass is 9.82. The Labute approximate surface area is 229 Å². The largest absolute Gasteiger partial charge is 0.373 e. The maximum atomic E-state index is 9.69. The van der Waals surface area contributed by atoms with Gasteiger partial charge in [0, 0.05) is 31.0 Å². The van der Waals surface area contributed by atoms with Gasteiger partial charge in [0.05, 0.1) is 35.3 Å². The quantitative estimate of drug-likeness (QED) is 0.279. The Hall–Kier alpha value is -4.36. The molecule has 2 atom stereocenters. The number of hydrogen-bond donors (Lipinski definition) is 2. The van der Waals surface area contributed by atoms with E-state index in [1.807, 2.05) is 36.4 Å². The predicted octanol–water partition coefficient (Wildman–Crippen LogP) is 7.74. The first-order chi connectivity index (χ1) is 18.7. The maximum absolute atomic E-state index is 9.69. The highest BCUT2D eigenvalue weighted by molar-refractivity contribution is 8.04. The van der Waals surface area contributed by atoms with Gasteiger partial charge in [0.2, 0.25) is 0 Å². The van der Waals surface area contributed by atoms with Crippen molar-refractivity contribution in [2.45, 2.75) is 21.9 Å². The molecule has 1 aliphatic carbocycles. The molecule has 0 radical (unpaired) electrons. The SMILES string of the molecule is N#Cc1cccc(C2=C3Sc4ccccc4NC3C(c3cccc(C#N)c3)=C3Sc4ccccc4NC32)c1. The van der Waals surface area contributed by atoms with E-state index in [4.69, 9.17) is 0 Å². The molecule has 0 amide bonds. The van der Waals surface area contributed by atoms with Crippen molar-refractivity contribution < 1.29 is 0 Å². The zero-order chi connectivity index (χ0) is 25.6. The van der Waals surface area contributed by atoms with Crippen LogP contribution in [0.25, 0.3) is 11.1 Å². The van der Waals surface area contributed by atoms with Gasteiger partial charge in [-0.25, -0.2) is 0 Å². The monoisotopic (exact) mass is 524 g/mol. The van der Waals surface area contributed by atoms with Gasteiger partial charge >= 0.3 is 0 Å². The highest BCUT2D eigenvalue weighted by Crippen LogP contribution is 2.57. The van der Waals surface area contributed by atoms with Gasteiger partial charge in [-0.3, -0.25) is 0 Å². The zero-order valence-electron chi connectivity index (χ0n) is 20.1. The smallest absolute Gasteiger partial charge is 0.0991 e. The van der Waals surface area contributed by atoms with E-state index in [-0.39, 0.29) is 12.1 Å². The highest BCUT2D eigenvalue weighted by atomic mass is 32.2. The average molecular weight is 525 g/mol. The van der Waals surface area contributed by atoms with Gasteiger partial charge in [-0.2, -0.15) is 10.5 Å². The number of hydrogen-bond acceptors (Lipinski definition) is 6. The lowest BCUT2D eigenvalue weighted by Crippen LogP contribution is -2.38. The second-order valence-electron chi connectivity index (χ2n) is 9.29. The van der Waals surface area contributed by atoms with Gasteiger partial charge in [0.15, 0.2) is 0 Å². The fourth-order valence-corrected chi connectivity index (χ4v) is 7.91. The first-order valence-corrected chi connectivity index (χ1v) is 13.9. The molecule has 0 saturated heterocycles. The summed E-state index contributed by atoms with van der Waals surface area (Å²) in [5, 5.41) is 27.1. The summed E-state index contributed by atoms with van der Waals surface area (Å²) in [6.07, 6.45) is 0. The topological polar surface area (TPSA) is 71.6 Å². The molecule has 0 bridgehead atoms. The second kappa shape index (κ2) is 9.19. The van der Waals surface area contributed by atoms with Crippen LogP contribution in [0.2, 0.25) is 0 Å². The number of para-hydroxylation sites is 2. The van der Waals surface area contributed by atoms with E-state index >= 15 is 0 Å². The molecule has 0 aromatic heterocycles. The standard InChI is InChI=1S/C32H20N4S2/c33-17-19-7-5-9-21(15-19)27-29-31(37-25-13-3-1-11-23(25)35-29)28(22-10-6-8-20(16-22)18-34)30-32(27)38-26-14-4-2-12-24(26)36-30/h1-16,29-30,35-36H. The van der Waals surface area contributed by atoms with Crippen LogP contribution in [0.1, 0.15) is 22.3 Å². The molecule has 3 aliphatic rings. The van der Waals surface area contributed by atoms with Gasteiger partial charge in [0.1, 0.15) is 0 Å². The third-order valence-corrected chi connectivity index (χ3v) is 9.55. The van der Waals surface area contributed by atoms with Crippen LogP contribution in [0.5, 0.6) is 0 Å². The molecule has 2 heterocycles. The van der Waals surface area contributed by atoms with Gasteiger partial charge in [-0.15, -0.1) is 0 Å². The Kier molecular flexibility index (Phi) is 5.51. The molecule has 180 valence electrons. The lowest BCUT2D eigenvalue weighted by molar-refractivity contribution is 0.979. The average Bonchev–Trinajstić information content (AvgIpc) is 2.98. The number of nitriles is 2. The molecule has 7 rings (SSSR count). The number of nitrogens with zero attached hydrogens (tertiary/aromatic N) is 2. The molecule has 4 aromatic carbocycles. The fraction of sp³-hybridized carbons (Fsp3) is 0.0625. The number of anilines is 2. The van der Waals surface area contributed by atoms with Crippen LogP contribution in [0.4, 0.5) is 11.4 Å². The number of thioether (sulfide) groups is 2. The summed E-state index contributed by atoms with van der Waals surface area (Å²) in [6, 6.07) is 37.0. The van der Waals surface area contributed by atoms with Gasteiger partial charge in [0.25, 0.3) is 0 Å². The lowest BCUT2D eigenvalue weighted by Gasteiger charge is -2.43. The van der Waals surface area contributed by atoms with Crippen LogP contribution in [0, 0.1) is 22.7 Å². The van der Waals surface area contributed by atoms with Gasteiger partial charge < -0.3 is 10.6 Å². The van der Waals surface area contributed by atoms with Crippen LogP contribution in [-0.4, -0.2) is 12.1 Å². The van der Waals surface area contributed by atoms with E-state index in [9.17, 15) is 10.5 Å². The molecule has 4 nitrogen and oxygen atoms in total. The van der Waals surface area contributed by atoms with E-state index in [0.29, 0.717) is 11.1 Å². The Balaban J connectivity index is 1.53. The third kappa shape index (κ3) is 3.70. The molecule has 2 N–H and O–H groups in total. The van der Waals surface area contributed by atoms with E-state index in [1.165, 1.54) is 30.7 Å². The molecule has 4 aromatic rings. The van der Waals surface area contributed by atoms with Crippen molar-refractivity contribution in [1.82, 2.24) is 0 Å². The predicted molar refractivity (Wildman–Crippen MR) is 156 cm³/mol. The highest BCUT2D eigenvalue weighted by Gasteiger charge is 2.42. The summed E-state index contributed by atoms with van der Waals surface area (Å²) in [6.45, 7) is 0. The number of benzene rings is 4. The van der Waals surface area contributed by atoms with E-state index in [0.717, 1.165) is 22.5 Å².